The predicted octanol–water partition coefficient (Wildman–Crippen LogP) is 0.823. The molecule has 0 aliphatic carbocycles. The average Bonchev–Trinajstić information content (AvgIpc) is 3.18. The molecular weight excluding hydrogens is 448 g/mol. The fraction of sp³-hybridized carbons (Fsp3) is 0.231. The predicted molar refractivity (Wildman–Crippen MR) is 127 cm³/mol. The van der Waals surface area contributed by atoms with Gasteiger partial charge in [0.05, 0.1) is 19.3 Å². The van der Waals surface area contributed by atoms with Crippen LogP contribution in [0.4, 0.5) is 5.69 Å². The van der Waals surface area contributed by atoms with Gasteiger partial charge in [-0.1, -0.05) is 17.9 Å². The standard InChI is InChI=1S/C26H22N4O5/c1-35-22-14-17(9-10-20(22)27)24(32)28-13-4-2-3-6-16-7-5-8-18-19(16)15-30(26(18)34)21-11-12-23(31)29-25(21)33/h5,7-10,14,21H,11-13,15,27H2,1H3,(H,28,32)(H,29,31,33). The number of anilines is 1. The Kier molecular flexibility index (Phi) is 6.70. The van der Waals surface area contributed by atoms with Gasteiger partial charge >= 0.3 is 0 Å². The number of carbonyl (C=O) groups is 4. The normalized spacial score (nSPS) is 16.3. The Morgan fingerprint density at radius 2 is 2.06 bits per heavy atom. The van der Waals surface area contributed by atoms with Crippen molar-refractivity contribution in [2.75, 3.05) is 19.4 Å². The number of ether oxygens (including phenoxy) is 1. The summed E-state index contributed by atoms with van der Waals surface area (Å²) in [5.41, 5.74) is 8.44. The second-order valence-corrected chi connectivity index (χ2v) is 7.92. The molecule has 4 N–H and O–H groups in total. The molecule has 0 spiro atoms. The van der Waals surface area contributed by atoms with Crippen LogP contribution in [0, 0.1) is 23.7 Å². The van der Waals surface area contributed by atoms with Gasteiger partial charge in [-0.25, -0.2) is 0 Å². The molecule has 9 heteroatoms. The van der Waals surface area contributed by atoms with Crippen LogP contribution in [0.1, 0.15) is 44.7 Å². The first kappa shape index (κ1) is 23.4. The highest BCUT2D eigenvalue weighted by Gasteiger charge is 2.39. The van der Waals surface area contributed by atoms with Crippen LogP contribution >= 0.6 is 0 Å². The maximum absolute atomic E-state index is 12.9. The van der Waals surface area contributed by atoms with Gasteiger partial charge in [-0.15, -0.1) is 0 Å². The van der Waals surface area contributed by atoms with Crippen molar-refractivity contribution in [2.45, 2.75) is 25.4 Å². The number of amides is 4. The molecule has 0 bridgehead atoms. The molecule has 1 atom stereocenters. The molecule has 2 aromatic carbocycles. The number of rotatable bonds is 4. The highest BCUT2D eigenvalue weighted by atomic mass is 16.5. The number of nitrogens with zero attached hydrogens (tertiary/aromatic N) is 1. The van der Waals surface area contributed by atoms with Crippen LogP contribution in [0.5, 0.6) is 5.75 Å². The summed E-state index contributed by atoms with van der Waals surface area (Å²) >= 11 is 0. The third kappa shape index (κ3) is 4.94. The lowest BCUT2D eigenvalue weighted by atomic mass is 10.0. The number of hydrogen-bond donors (Lipinski definition) is 3. The Balaban J connectivity index is 1.39. The summed E-state index contributed by atoms with van der Waals surface area (Å²) in [6.07, 6.45) is 0.493. The molecule has 4 rings (SSSR count). The summed E-state index contributed by atoms with van der Waals surface area (Å²) in [6, 6.07) is 9.26. The lowest BCUT2D eigenvalue weighted by Crippen LogP contribution is -2.52. The highest BCUT2D eigenvalue weighted by Crippen LogP contribution is 2.29. The fourth-order valence-electron chi connectivity index (χ4n) is 3.97. The molecule has 2 aromatic rings. The van der Waals surface area contributed by atoms with Crippen molar-refractivity contribution in [1.29, 1.82) is 0 Å². The SMILES string of the molecule is COc1cc(C(=O)NCC#CC#Cc2cccc3c2CN(C2CCC(=O)NC2=O)C3=O)ccc1N. The minimum atomic E-state index is -0.683. The first-order chi connectivity index (χ1) is 16.9. The molecule has 2 heterocycles. The van der Waals surface area contributed by atoms with Crippen molar-refractivity contribution in [3.63, 3.8) is 0 Å². The van der Waals surface area contributed by atoms with Crippen molar-refractivity contribution in [2.24, 2.45) is 0 Å². The van der Waals surface area contributed by atoms with Gasteiger partial charge in [-0.3, -0.25) is 24.5 Å². The van der Waals surface area contributed by atoms with Crippen LogP contribution in [0.25, 0.3) is 0 Å². The summed E-state index contributed by atoms with van der Waals surface area (Å²) in [7, 11) is 1.47. The number of methoxy groups -OCH3 is 1. The zero-order valence-electron chi connectivity index (χ0n) is 18.9. The van der Waals surface area contributed by atoms with Crippen molar-refractivity contribution in [1.82, 2.24) is 15.5 Å². The van der Waals surface area contributed by atoms with Crippen molar-refractivity contribution in [3.05, 3.63) is 58.7 Å². The van der Waals surface area contributed by atoms with Crippen LogP contribution in [0.15, 0.2) is 36.4 Å². The Hall–Kier alpha value is -4.76. The summed E-state index contributed by atoms with van der Waals surface area (Å²) in [4.78, 5) is 50.2. The number of piperidine rings is 1. The maximum Gasteiger partial charge on any atom is 0.255 e. The number of imide groups is 1. The van der Waals surface area contributed by atoms with Crippen LogP contribution in [-0.4, -0.2) is 48.2 Å². The van der Waals surface area contributed by atoms with Crippen LogP contribution in [0.2, 0.25) is 0 Å². The third-order valence-corrected chi connectivity index (χ3v) is 5.76. The van der Waals surface area contributed by atoms with E-state index in [0.29, 0.717) is 34.5 Å². The largest absolute Gasteiger partial charge is 0.495 e. The molecule has 4 amide bonds. The van der Waals surface area contributed by atoms with Crippen LogP contribution < -0.4 is 21.1 Å². The highest BCUT2D eigenvalue weighted by molar-refractivity contribution is 6.05. The topological polar surface area (TPSA) is 131 Å². The second kappa shape index (κ2) is 10.0. The molecule has 1 saturated heterocycles. The monoisotopic (exact) mass is 470 g/mol. The molecule has 1 unspecified atom stereocenters. The molecule has 0 saturated carbocycles. The molecule has 2 aliphatic rings. The number of hydrogen-bond acceptors (Lipinski definition) is 6. The van der Waals surface area contributed by atoms with E-state index in [1.165, 1.54) is 12.0 Å². The zero-order chi connectivity index (χ0) is 24.9. The minimum absolute atomic E-state index is 0.0921. The number of benzene rings is 2. The molecule has 0 aromatic heterocycles. The molecule has 176 valence electrons. The smallest absolute Gasteiger partial charge is 0.255 e. The molecule has 2 aliphatic heterocycles. The number of nitrogen functional groups attached to an aromatic ring is 1. The van der Waals surface area contributed by atoms with Gasteiger partial charge in [0.15, 0.2) is 0 Å². The van der Waals surface area contributed by atoms with Crippen LogP contribution in [0.3, 0.4) is 0 Å². The Bertz CT molecular complexity index is 1360. The molecule has 35 heavy (non-hydrogen) atoms. The maximum atomic E-state index is 12.9. The van der Waals surface area contributed by atoms with E-state index < -0.39 is 11.9 Å². The number of nitrogens with two attached hydrogens (primary N) is 1. The van der Waals surface area contributed by atoms with Gasteiger partial charge in [0.2, 0.25) is 11.8 Å². The van der Waals surface area contributed by atoms with E-state index in [1.807, 2.05) is 0 Å². The molecule has 9 nitrogen and oxygen atoms in total. The molecule has 1 fully saturated rings. The summed E-state index contributed by atoms with van der Waals surface area (Å²) in [5, 5.41) is 4.96. The van der Waals surface area contributed by atoms with Gasteiger partial charge in [0.1, 0.15) is 11.8 Å². The fourth-order valence-corrected chi connectivity index (χ4v) is 3.97. The molecule has 0 radical (unpaired) electrons. The summed E-state index contributed by atoms with van der Waals surface area (Å²) in [6.45, 7) is 0.328. The van der Waals surface area contributed by atoms with Crippen molar-refractivity contribution < 1.29 is 23.9 Å². The zero-order valence-corrected chi connectivity index (χ0v) is 18.9. The third-order valence-electron chi connectivity index (χ3n) is 5.76. The lowest BCUT2D eigenvalue weighted by molar-refractivity contribution is -0.136. The van der Waals surface area contributed by atoms with Crippen molar-refractivity contribution >= 4 is 29.3 Å². The Morgan fingerprint density at radius 3 is 2.83 bits per heavy atom. The summed E-state index contributed by atoms with van der Waals surface area (Å²) in [5.74, 6) is 10.2. The van der Waals surface area contributed by atoms with E-state index in [1.54, 1.807) is 36.4 Å². The first-order valence-corrected chi connectivity index (χ1v) is 10.9. The van der Waals surface area contributed by atoms with Gasteiger partial charge in [-0.2, -0.15) is 0 Å². The van der Waals surface area contributed by atoms with Gasteiger partial charge in [0.25, 0.3) is 11.8 Å². The van der Waals surface area contributed by atoms with E-state index >= 15 is 0 Å². The Labute approximate surface area is 202 Å². The van der Waals surface area contributed by atoms with E-state index in [4.69, 9.17) is 10.5 Å². The van der Waals surface area contributed by atoms with E-state index in [0.717, 1.165) is 5.56 Å². The van der Waals surface area contributed by atoms with Gasteiger partial charge < -0.3 is 20.7 Å². The molecular formula is C26H22N4O5. The van der Waals surface area contributed by atoms with E-state index in [-0.39, 0.29) is 37.2 Å². The number of carbonyl (C=O) groups excluding carboxylic acids is 4. The van der Waals surface area contributed by atoms with E-state index in [2.05, 4.69) is 34.3 Å². The van der Waals surface area contributed by atoms with Crippen LogP contribution in [-0.2, 0) is 16.1 Å². The second-order valence-electron chi connectivity index (χ2n) is 7.92. The first-order valence-electron chi connectivity index (χ1n) is 10.9. The Morgan fingerprint density at radius 1 is 1.23 bits per heavy atom. The van der Waals surface area contributed by atoms with Gasteiger partial charge in [0, 0.05) is 29.7 Å². The van der Waals surface area contributed by atoms with Crippen molar-refractivity contribution in [3.8, 4) is 29.4 Å². The number of fused-ring (bicyclic) bond motifs is 1. The summed E-state index contributed by atoms with van der Waals surface area (Å²) < 4.78 is 5.12. The van der Waals surface area contributed by atoms with Gasteiger partial charge in [-0.05, 0) is 54.2 Å². The quantitative estimate of drug-likeness (QED) is 0.345. The van der Waals surface area contributed by atoms with E-state index in [9.17, 15) is 19.2 Å². The average molecular weight is 470 g/mol. The lowest BCUT2D eigenvalue weighted by Gasteiger charge is -2.29. The minimum Gasteiger partial charge on any atom is -0.495 e. The number of nitrogens with one attached hydrogen (secondary N) is 2.